The Morgan fingerprint density at radius 3 is 2.62 bits per heavy atom. The maximum absolute atomic E-state index is 8.87. The molecule has 1 aromatic rings. The van der Waals surface area contributed by atoms with Crippen molar-refractivity contribution in [2.24, 2.45) is 5.41 Å². The first kappa shape index (κ1) is 9.80. The van der Waals surface area contributed by atoms with E-state index in [2.05, 4.69) is 31.2 Å². The van der Waals surface area contributed by atoms with Gasteiger partial charge in [-0.15, -0.1) is 0 Å². The van der Waals surface area contributed by atoms with E-state index >= 15 is 0 Å². The summed E-state index contributed by atoms with van der Waals surface area (Å²) in [5.41, 5.74) is 2.24. The number of nitrogens with zero attached hydrogens (tertiary/aromatic N) is 1. The van der Waals surface area contributed by atoms with Crippen molar-refractivity contribution in [2.75, 3.05) is 0 Å². The Labute approximate surface area is 80.0 Å². The maximum atomic E-state index is 8.87. The first-order valence-corrected chi connectivity index (χ1v) is 4.50. The van der Waals surface area contributed by atoms with Crippen LogP contribution in [0.15, 0.2) is 24.3 Å². The van der Waals surface area contributed by atoms with Crippen molar-refractivity contribution in [1.29, 1.82) is 5.26 Å². The second-order valence-electron chi connectivity index (χ2n) is 4.16. The molecule has 0 saturated heterocycles. The summed E-state index contributed by atoms with van der Waals surface area (Å²) in [6.07, 6.45) is 0.825. The van der Waals surface area contributed by atoms with Crippen molar-refractivity contribution in [3.8, 4) is 6.07 Å². The number of aryl methyl sites for hydroxylation is 1. The van der Waals surface area contributed by atoms with Crippen LogP contribution in [-0.4, -0.2) is 0 Å². The fourth-order valence-corrected chi connectivity index (χ4v) is 1.37. The molecule has 0 atom stereocenters. The molecule has 0 N–H and O–H groups in total. The summed E-state index contributed by atoms with van der Waals surface area (Å²) in [7, 11) is 0. The van der Waals surface area contributed by atoms with E-state index in [-0.39, 0.29) is 5.41 Å². The lowest BCUT2D eigenvalue weighted by molar-refractivity contribution is 0.493. The van der Waals surface area contributed by atoms with Gasteiger partial charge in [-0.05, 0) is 32.8 Å². The van der Waals surface area contributed by atoms with Gasteiger partial charge in [-0.1, -0.05) is 29.8 Å². The standard InChI is InChI=1S/C12H15N/c1-10-5-4-6-11(7-10)8-12(2,3)9-13/h4-7H,8H2,1-3H3. The maximum Gasteiger partial charge on any atom is 0.0687 e. The molecule has 1 rings (SSSR count). The molecule has 0 radical (unpaired) electrons. The largest absolute Gasteiger partial charge is 0.198 e. The number of benzene rings is 1. The summed E-state index contributed by atoms with van der Waals surface area (Å²) >= 11 is 0. The molecule has 68 valence electrons. The van der Waals surface area contributed by atoms with Crippen LogP contribution in [0.3, 0.4) is 0 Å². The molecular formula is C12H15N. The van der Waals surface area contributed by atoms with Crippen LogP contribution in [0.2, 0.25) is 0 Å². The predicted molar refractivity (Wildman–Crippen MR) is 54.3 cm³/mol. The smallest absolute Gasteiger partial charge is 0.0687 e. The van der Waals surface area contributed by atoms with Gasteiger partial charge < -0.3 is 0 Å². The van der Waals surface area contributed by atoms with Gasteiger partial charge in [0.25, 0.3) is 0 Å². The molecule has 0 saturated carbocycles. The minimum Gasteiger partial charge on any atom is -0.198 e. The van der Waals surface area contributed by atoms with Crippen LogP contribution in [0.25, 0.3) is 0 Å². The van der Waals surface area contributed by atoms with E-state index in [1.807, 2.05) is 19.9 Å². The van der Waals surface area contributed by atoms with Gasteiger partial charge in [0.2, 0.25) is 0 Å². The fraction of sp³-hybridized carbons (Fsp3) is 0.417. The molecule has 1 nitrogen and oxygen atoms in total. The minimum absolute atomic E-state index is 0.256. The summed E-state index contributed by atoms with van der Waals surface area (Å²) in [6.45, 7) is 6.01. The van der Waals surface area contributed by atoms with Gasteiger partial charge in [0.1, 0.15) is 0 Å². The van der Waals surface area contributed by atoms with Crippen LogP contribution in [0.4, 0.5) is 0 Å². The Morgan fingerprint density at radius 2 is 2.08 bits per heavy atom. The molecule has 0 spiro atoms. The SMILES string of the molecule is Cc1cccc(CC(C)(C)C#N)c1. The van der Waals surface area contributed by atoms with Crippen molar-refractivity contribution in [1.82, 2.24) is 0 Å². The van der Waals surface area contributed by atoms with Crippen LogP contribution in [-0.2, 0) is 6.42 Å². The highest BCUT2D eigenvalue weighted by Gasteiger charge is 2.16. The zero-order chi connectivity index (χ0) is 9.90. The van der Waals surface area contributed by atoms with Gasteiger partial charge >= 0.3 is 0 Å². The highest BCUT2D eigenvalue weighted by atomic mass is 14.3. The average molecular weight is 173 g/mol. The fourth-order valence-electron chi connectivity index (χ4n) is 1.37. The Hall–Kier alpha value is -1.29. The van der Waals surface area contributed by atoms with Crippen molar-refractivity contribution < 1.29 is 0 Å². The molecular weight excluding hydrogens is 158 g/mol. The zero-order valence-electron chi connectivity index (χ0n) is 8.46. The van der Waals surface area contributed by atoms with Crippen LogP contribution < -0.4 is 0 Å². The first-order valence-electron chi connectivity index (χ1n) is 4.50. The van der Waals surface area contributed by atoms with Crippen molar-refractivity contribution >= 4 is 0 Å². The Bertz CT molecular complexity index is 331. The third-order valence-corrected chi connectivity index (χ3v) is 2.03. The summed E-state index contributed by atoms with van der Waals surface area (Å²) < 4.78 is 0. The topological polar surface area (TPSA) is 23.8 Å². The van der Waals surface area contributed by atoms with E-state index in [9.17, 15) is 0 Å². The van der Waals surface area contributed by atoms with E-state index in [4.69, 9.17) is 5.26 Å². The van der Waals surface area contributed by atoms with Gasteiger partial charge in [-0.25, -0.2) is 0 Å². The Morgan fingerprint density at radius 1 is 1.38 bits per heavy atom. The Kier molecular flexibility index (Phi) is 2.72. The molecule has 0 aliphatic heterocycles. The van der Waals surface area contributed by atoms with Gasteiger partial charge in [-0.3, -0.25) is 0 Å². The van der Waals surface area contributed by atoms with Crippen LogP contribution in [0, 0.1) is 23.7 Å². The molecule has 0 bridgehead atoms. The molecule has 0 unspecified atom stereocenters. The van der Waals surface area contributed by atoms with Crippen LogP contribution in [0.1, 0.15) is 25.0 Å². The van der Waals surface area contributed by atoms with Gasteiger partial charge in [-0.2, -0.15) is 5.26 Å². The molecule has 0 aliphatic rings. The lowest BCUT2D eigenvalue weighted by Gasteiger charge is -2.14. The third-order valence-electron chi connectivity index (χ3n) is 2.03. The molecule has 0 amide bonds. The summed E-state index contributed by atoms with van der Waals surface area (Å²) in [4.78, 5) is 0. The normalized spacial score (nSPS) is 10.9. The van der Waals surface area contributed by atoms with E-state index in [1.165, 1.54) is 11.1 Å². The molecule has 0 aliphatic carbocycles. The molecule has 0 fully saturated rings. The van der Waals surface area contributed by atoms with Crippen LogP contribution >= 0.6 is 0 Å². The number of hydrogen-bond acceptors (Lipinski definition) is 1. The van der Waals surface area contributed by atoms with E-state index in [0.29, 0.717) is 0 Å². The van der Waals surface area contributed by atoms with Crippen molar-refractivity contribution in [2.45, 2.75) is 27.2 Å². The number of nitriles is 1. The lowest BCUT2D eigenvalue weighted by atomic mass is 9.87. The molecule has 0 aromatic heterocycles. The highest BCUT2D eigenvalue weighted by molar-refractivity contribution is 5.24. The summed E-state index contributed by atoms with van der Waals surface area (Å²) in [5.74, 6) is 0. The zero-order valence-corrected chi connectivity index (χ0v) is 8.46. The second kappa shape index (κ2) is 3.62. The summed E-state index contributed by atoms with van der Waals surface area (Å²) in [6, 6.07) is 10.6. The van der Waals surface area contributed by atoms with Crippen LogP contribution in [0.5, 0.6) is 0 Å². The summed E-state index contributed by atoms with van der Waals surface area (Å²) in [5, 5.41) is 8.87. The quantitative estimate of drug-likeness (QED) is 0.674. The number of hydrogen-bond donors (Lipinski definition) is 0. The lowest BCUT2D eigenvalue weighted by Crippen LogP contribution is -2.11. The van der Waals surface area contributed by atoms with E-state index in [0.717, 1.165) is 6.42 Å². The van der Waals surface area contributed by atoms with Gasteiger partial charge in [0.05, 0.1) is 11.5 Å². The highest BCUT2D eigenvalue weighted by Crippen LogP contribution is 2.20. The third kappa shape index (κ3) is 2.91. The molecule has 1 aromatic carbocycles. The predicted octanol–water partition coefficient (Wildman–Crippen LogP) is 3.09. The Balaban J connectivity index is 2.82. The average Bonchev–Trinajstić information content (AvgIpc) is 2.03. The molecule has 0 heterocycles. The first-order chi connectivity index (χ1) is 6.03. The van der Waals surface area contributed by atoms with E-state index in [1.54, 1.807) is 0 Å². The monoisotopic (exact) mass is 173 g/mol. The van der Waals surface area contributed by atoms with Gasteiger partial charge in [0.15, 0.2) is 0 Å². The number of rotatable bonds is 2. The van der Waals surface area contributed by atoms with E-state index < -0.39 is 0 Å². The van der Waals surface area contributed by atoms with Crippen molar-refractivity contribution in [3.63, 3.8) is 0 Å². The minimum atomic E-state index is -0.256. The van der Waals surface area contributed by atoms with Crippen molar-refractivity contribution in [3.05, 3.63) is 35.4 Å². The van der Waals surface area contributed by atoms with Gasteiger partial charge in [0, 0.05) is 0 Å². The molecule has 13 heavy (non-hydrogen) atoms. The second-order valence-corrected chi connectivity index (χ2v) is 4.16. The molecule has 1 heteroatoms.